The fourth-order valence-electron chi connectivity index (χ4n) is 2.08. The summed E-state index contributed by atoms with van der Waals surface area (Å²) in [6, 6.07) is 13.2. The average Bonchev–Trinajstić information content (AvgIpc) is 2.53. The summed E-state index contributed by atoms with van der Waals surface area (Å²) in [5, 5.41) is 0. The predicted molar refractivity (Wildman–Crippen MR) is 87.1 cm³/mol. The Hall–Kier alpha value is -2.49. The maximum atomic E-state index is 11.4. The highest BCUT2D eigenvalue weighted by Gasteiger charge is 2.09. The third-order valence-electron chi connectivity index (χ3n) is 3.47. The number of hydrogen-bond acceptors (Lipinski definition) is 4. The summed E-state index contributed by atoms with van der Waals surface area (Å²) in [4.78, 5) is 11.4. The highest BCUT2D eigenvalue weighted by atomic mass is 16.5. The van der Waals surface area contributed by atoms with Gasteiger partial charge in [-0.05, 0) is 35.2 Å². The lowest BCUT2D eigenvalue weighted by molar-refractivity contribution is 0.0600. The topological polar surface area (TPSA) is 61.5 Å². The van der Waals surface area contributed by atoms with Crippen LogP contribution in [0.3, 0.4) is 0 Å². The molecule has 2 aromatic carbocycles. The van der Waals surface area contributed by atoms with Gasteiger partial charge in [0, 0.05) is 0 Å². The number of nitrogen functional groups attached to an aromatic ring is 1. The molecule has 116 valence electrons. The van der Waals surface area contributed by atoms with E-state index in [1.165, 1.54) is 12.7 Å². The average molecular weight is 299 g/mol. The van der Waals surface area contributed by atoms with Gasteiger partial charge in [-0.2, -0.15) is 0 Å². The molecule has 0 saturated carbocycles. The first-order valence-electron chi connectivity index (χ1n) is 7.20. The van der Waals surface area contributed by atoms with Crippen molar-refractivity contribution in [2.24, 2.45) is 0 Å². The van der Waals surface area contributed by atoms with E-state index in [1.807, 2.05) is 12.1 Å². The molecule has 0 heterocycles. The van der Waals surface area contributed by atoms with E-state index in [2.05, 4.69) is 30.7 Å². The predicted octanol–water partition coefficient (Wildman–Crippen LogP) is 3.76. The Morgan fingerprint density at radius 2 is 1.82 bits per heavy atom. The van der Waals surface area contributed by atoms with Crippen LogP contribution in [0.25, 0.3) is 0 Å². The maximum Gasteiger partial charge on any atom is 0.337 e. The molecule has 0 unspecified atom stereocenters. The van der Waals surface area contributed by atoms with Crippen LogP contribution in [0.15, 0.2) is 42.5 Å². The summed E-state index contributed by atoms with van der Waals surface area (Å²) >= 11 is 0. The number of methoxy groups -OCH3 is 1. The zero-order valence-electron chi connectivity index (χ0n) is 13.1. The Kier molecular flexibility index (Phi) is 5.04. The van der Waals surface area contributed by atoms with Crippen LogP contribution in [0.1, 0.15) is 41.3 Å². The first kappa shape index (κ1) is 15.9. The molecule has 2 rings (SSSR count). The fraction of sp³-hybridized carbons (Fsp3) is 0.278. The first-order chi connectivity index (χ1) is 10.5. The molecule has 0 saturated heterocycles. The summed E-state index contributed by atoms with van der Waals surface area (Å²) in [5.41, 5.74) is 9.11. The molecule has 0 aromatic heterocycles. The van der Waals surface area contributed by atoms with E-state index in [4.69, 9.17) is 10.5 Å². The van der Waals surface area contributed by atoms with Crippen LogP contribution >= 0.6 is 0 Å². The second kappa shape index (κ2) is 6.98. The quantitative estimate of drug-likeness (QED) is 0.674. The number of carbonyl (C=O) groups excluding carboxylic acids is 1. The van der Waals surface area contributed by atoms with Crippen LogP contribution in [-0.2, 0) is 11.3 Å². The molecule has 2 aromatic rings. The van der Waals surface area contributed by atoms with Crippen molar-refractivity contribution in [3.63, 3.8) is 0 Å². The van der Waals surface area contributed by atoms with Crippen molar-refractivity contribution in [2.75, 3.05) is 12.8 Å². The lowest BCUT2D eigenvalue weighted by Crippen LogP contribution is -2.04. The lowest BCUT2D eigenvalue weighted by Gasteiger charge is -2.11. The first-order valence-corrected chi connectivity index (χ1v) is 7.20. The fourth-order valence-corrected chi connectivity index (χ4v) is 2.08. The minimum absolute atomic E-state index is 0.411. The van der Waals surface area contributed by atoms with Crippen LogP contribution in [0.4, 0.5) is 5.69 Å². The van der Waals surface area contributed by atoms with Gasteiger partial charge in [0.1, 0.15) is 12.4 Å². The number of benzene rings is 2. The molecule has 22 heavy (non-hydrogen) atoms. The summed E-state index contributed by atoms with van der Waals surface area (Å²) in [7, 11) is 1.34. The van der Waals surface area contributed by atoms with E-state index in [-0.39, 0.29) is 0 Å². The van der Waals surface area contributed by atoms with Gasteiger partial charge in [-0.3, -0.25) is 0 Å². The number of anilines is 1. The molecule has 0 spiro atoms. The second-order valence-corrected chi connectivity index (χ2v) is 5.43. The number of hydrogen-bond donors (Lipinski definition) is 1. The summed E-state index contributed by atoms with van der Waals surface area (Å²) in [5.74, 6) is 0.652. The largest absolute Gasteiger partial charge is 0.487 e. The molecule has 0 aliphatic rings. The Morgan fingerprint density at radius 1 is 1.14 bits per heavy atom. The summed E-state index contributed by atoms with van der Waals surface area (Å²) < 4.78 is 10.4. The third-order valence-corrected chi connectivity index (χ3v) is 3.47. The van der Waals surface area contributed by atoms with Gasteiger partial charge in [0.05, 0.1) is 18.4 Å². The van der Waals surface area contributed by atoms with Gasteiger partial charge in [0.25, 0.3) is 0 Å². The van der Waals surface area contributed by atoms with Crippen molar-refractivity contribution >= 4 is 11.7 Å². The molecule has 2 N–H and O–H groups in total. The minimum Gasteiger partial charge on any atom is -0.487 e. The van der Waals surface area contributed by atoms with Crippen molar-refractivity contribution in [3.8, 4) is 5.75 Å². The highest BCUT2D eigenvalue weighted by Crippen LogP contribution is 2.24. The molecule has 0 aliphatic heterocycles. The molecule has 4 nitrogen and oxygen atoms in total. The Labute approximate surface area is 130 Å². The van der Waals surface area contributed by atoms with Crippen LogP contribution in [0.5, 0.6) is 5.75 Å². The molecule has 0 fully saturated rings. The molecule has 0 bridgehead atoms. The zero-order chi connectivity index (χ0) is 16.1. The van der Waals surface area contributed by atoms with Crippen LogP contribution in [-0.4, -0.2) is 13.1 Å². The van der Waals surface area contributed by atoms with Gasteiger partial charge in [0.15, 0.2) is 0 Å². The Bertz CT molecular complexity index is 648. The van der Waals surface area contributed by atoms with Gasteiger partial charge in [-0.1, -0.05) is 38.1 Å². The summed E-state index contributed by atoms with van der Waals surface area (Å²) in [6.45, 7) is 4.75. The van der Waals surface area contributed by atoms with Gasteiger partial charge >= 0.3 is 5.97 Å². The monoisotopic (exact) mass is 299 g/mol. The van der Waals surface area contributed by atoms with Crippen molar-refractivity contribution in [2.45, 2.75) is 26.4 Å². The lowest BCUT2D eigenvalue weighted by atomic mass is 10.0. The number of ether oxygens (including phenoxy) is 2. The van der Waals surface area contributed by atoms with Crippen LogP contribution < -0.4 is 10.5 Å². The van der Waals surface area contributed by atoms with Crippen LogP contribution in [0, 0.1) is 0 Å². The Morgan fingerprint density at radius 3 is 2.36 bits per heavy atom. The molecular weight excluding hydrogens is 278 g/mol. The van der Waals surface area contributed by atoms with Gasteiger partial charge in [0.2, 0.25) is 0 Å². The molecule has 4 heteroatoms. The van der Waals surface area contributed by atoms with Gasteiger partial charge in [-0.25, -0.2) is 4.79 Å². The molecule has 0 atom stereocenters. The molecule has 0 aliphatic carbocycles. The van der Waals surface area contributed by atoms with Crippen molar-refractivity contribution in [1.82, 2.24) is 0 Å². The molecule has 0 amide bonds. The number of carbonyl (C=O) groups is 1. The van der Waals surface area contributed by atoms with Crippen molar-refractivity contribution < 1.29 is 14.3 Å². The van der Waals surface area contributed by atoms with Crippen molar-refractivity contribution in [1.29, 1.82) is 0 Å². The normalized spacial score (nSPS) is 10.5. The molecular formula is C18H21NO3. The maximum absolute atomic E-state index is 11.4. The number of nitrogens with two attached hydrogens (primary N) is 1. The smallest absolute Gasteiger partial charge is 0.337 e. The van der Waals surface area contributed by atoms with Crippen LogP contribution in [0.2, 0.25) is 0 Å². The van der Waals surface area contributed by atoms with E-state index in [0.29, 0.717) is 29.5 Å². The third kappa shape index (κ3) is 3.79. The van der Waals surface area contributed by atoms with Gasteiger partial charge in [-0.15, -0.1) is 0 Å². The summed E-state index contributed by atoms with van der Waals surface area (Å²) in [6.07, 6.45) is 0. The second-order valence-electron chi connectivity index (χ2n) is 5.43. The van der Waals surface area contributed by atoms with E-state index in [1.54, 1.807) is 18.2 Å². The van der Waals surface area contributed by atoms with E-state index in [0.717, 1.165) is 5.56 Å². The highest BCUT2D eigenvalue weighted by molar-refractivity contribution is 5.90. The van der Waals surface area contributed by atoms with E-state index in [9.17, 15) is 4.79 Å². The van der Waals surface area contributed by atoms with Crippen molar-refractivity contribution in [3.05, 3.63) is 59.2 Å². The minimum atomic E-state index is -0.414. The molecule has 0 radical (unpaired) electrons. The Balaban J connectivity index is 2.03. The standard InChI is InChI=1S/C18H21NO3/c1-12(2)14-6-4-13(5-7-14)11-22-17-9-8-15(10-16(17)19)18(20)21-3/h4-10,12H,11,19H2,1-3H3. The number of rotatable bonds is 5. The SMILES string of the molecule is COC(=O)c1ccc(OCc2ccc(C(C)C)cc2)c(N)c1. The van der Waals surface area contributed by atoms with E-state index < -0.39 is 5.97 Å². The zero-order valence-corrected chi connectivity index (χ0v) is 13.1. The number of esters is 1. The van der Waals surface area contributed by atoms with Gasteiger partial charge < -0.3 is 15.2 Å². The van der Waals surface area contributed by atoms with E-state index >= 15 is 0 Å².